The Morgan fingerprint density at radius 3 is 2.68 bits per heavy atom. The van der Waals surface area contributed by atoms with Crippen LogP contribution < -0.4 is 10.4 Å². The van der Waals surface area contributed by atoms with Gasteiger partial charge in [0.25, 0.3) is 0 Å². The number of fused-ring (bicyclic) bond motifs is 2. The first-order valence-corrected chi connectivity index (χ1v) is 11.1. The zero-order valence-electron chi connectivity index (χ0n) is 19.1. The van der Waals surface area contributed by atoms with Gasteiger partial charge in [0.1, 0.15) is 17.4 Å². The number of rotatable bonds is 4. The van der Waals surface area contributed by atoms with Crippen LogP contribution in [0.4, 0.5) is 0 Å². The van der Waals surface area contributed by atoms with Crippen molar-refractivity contribution in [2.45, 2.75) is 60.0 Å². The zero-order chi connectivity index (χ0) is 22.4. The molecular formula is C26H32O5. The Hall–Kier alpha value is -2.56. The summed E-state index contributed by atoms with van der Waals surface area (Å²) in [5, 5.41) is 0.873. The number of benzene rings is 1. The van der Waals surface area contributed by atoms with Gasteiger partial charge in [-0.25, -0.2) is 4.79 Å². The topological polar surface area (TPSA) is 65.7 Å². The molecule has 2 aliphatic carbocycles. The molecule has 4 atom stereocenters. The molecule has 0 bridgehead atoms. The van der Waals surface area contributed by atoms with E-state index in [9.17, 15) is 9.59 Å². The minimum Gasteiger partial charge on any atom is -0.493 e. The van der Waals surface area contributed by atoms with E-state index >= 15 is 0 Å². The predicted octanol–water partition coefficient (Wildman–Crippen LogP) is 5.51. The monoisotopic (exact) mass is 424 g/mol. The van der Waals surface area contributed by atoms with E-state index in [1.807, 2.05) is 12.1 Å². The third-order valence-corrected chi connectivity index (χ3v) is 7.81. The van der Waals surface area contributed by atoms with Crippen LogP contribution in [0.25, 0.3) is 11.0 Å². The van der Waals surface area contributed by atoms with Crippen LogP contribution in [0.5, 0.6) is 5.75 Å². The molecule has 5 heteroatoms. The van der Waals surface area contributed by atoms with Crippen molar-refractivity contribution in [3.63, 3.8) is 0 Å². The smallest absolute Gasteiger partial charge is 0.336 e. The van der Waals surface area contributed by atoms with E-state index < -0.39 is 0 Å². The molecule has 31 heavy (non-hydrogen) atoms. The Balaban J connectivity index is 1.57. The van der Waals surface area contributed by atoms with Gasteiger partial charge >= 0.3 is 11.6 Å². The number of hydrogen-bond acceptors (Lipinski definition) is 5. The van der Waals surface area contributed by atoms with Crippen molar-refractivity contribution in [1.82, 2.24) is 0 Å². The highest BCUT2D eigenvalue weighted by Gasteiger charge is 2.56. The van der Waals surface area contributed by atoms with Gasteiger partial charge < -0.3 is 13.9 Å². The minimum atomic E-state index is -0.363. The van der Waals surface area contributed by atoms with Gasteiger partial charge in [-0.1, -0.05) is 32.4 Å². The SMILES string of the molecule is CC(=O)O[C@H]1CC[C@]2(C)[C@@H](COc3ccc4ccc(=O)oc4c3)C(C)=CC[C@H]2C1(C)C. The Labute approximate surface area is 183 Å². The molecule has 0 unspecified atom stereocenters. The number of carbonyl (C=O) groups is 1. The number of ether oxygens (including phenoxy) is 2. The summed E-state index contributed by atoms with van der Waals surface area (Å²) in [4.78, 5) is 23.2. The molecule has 2 aliphatic rings. The lowest BCUT2D eigenvalue weighted by Gasteiger charge is -2.58. The van der Waals surface area contributed by atoms with E-state index in [0.29, 0.717) is 23.9 Å². The Morgan fingerprint density at radius 1 is 1.19 bits per heavy atom. The highest BCUT2D eigenvalue weighted by atomic mass is 16.5. The molecule has 1 saturated carbocycles. The van der Waals surface area contributed by atoms with Gasteiger partial charge in [0, 0.05) is 35.8 Å². The van der Waals surface area contributed by atoms with Crippen molar-refractivity contribution in [2.75, 3.05) is 6.61 Å². The van der Waals surface area contributed by atoms with E-state index in [1.54, 1.807) is 12.1 Å². The van der Waals surface area contributed by atoms with Crippen molar-refractivity contribution < 1.29 is 18.7 Å². The molecule has 5 nitrogen and oxygen atoms in total. The Kier molecular flexibility index (Phi) is 5.48. The second-order valence-electron chi connectivity index (χ2n) is 10.0. The van der Waals surface area contributed by atoms with Crippen molar-refractivity contribution in [3.05, 3.63) is 52.4 Å². The molecule has 4 rings (SSSR count). The van der Waals surface area contributed by atoms with Crippen molar-refractivity contribution in [3.8, 4) is 5.75 Å². The Bertz CT molecular complexity index is 1080. The molecule has 0 N–H and O–H groups in total. The molecule has 1 aromatic carbocycles. The fraction of sp³-hybridized carbons (Fsp3) is 0.538. The van der Waals surface area contributed by atoms with E-state index in [4.69, 9.17) is 13.9 Å². The van der Waals surface area contributed by atoms with Gasteiger partial charge in [-0.05, 0) is 55.7 Å². The molecule has 0 radical (unpaired) electrons. The number of esters is 1. The molecule has 2 aromatic rings. The molecule has 1 fully saturated rings. The standard InChI is InChI=1S/C26H32O5/c1-16-6-10-22-25(3,4)23(30-17(2)27)12-13-26(22,5)20(16)15-29-19-9-7-18-8-11-24(28)31-21(18)14-19/h6-9,11,14,20,22-23H,10,12-13,15H2,1-5H3/t20-,22-,23-,26+/m0/s1. The lowest BCUT2D eigenvalue weighted by atomic mass is 9.48. The van der Waals surface area contributed by atoms with Crippen LogP contribution in [-0.4, -0.2) is 18.7 Å². The maximum absolute atomic E-state index is 11.6. The van der Waals surface area contributed by atoms with Gasteiger partial charge in [-0.2, -0.15) is 0 Å². The largest absolute Gasteiger partial charge is 0.493 e. The third-order valence-electron chi connectivity index (χ3n) is 7.81. The van der Waals surface area contributed by atoms with Gasteiger partial charge in [-0.15, -0.1) is 0 Å². The van der Waals surface area contributed by atoms with Crippen molar-refractivity contribution in [2.24, 2.45) is 22.7 Å². The number of allylic oxidation sites excluding steroid dienone is 1. The van der Waals surface area contributed by atoms with Crippen LogP contribution in [0.15, 0.2) is 51.2 Å². The quantitative estimate of drug-likeness (QED) is 0.368. The van der Waals surface area contributed by atoms with Crippen LogP contribution in [0.2, 0.25) is 0 Å². The maximum Gasteiger partial charge on any atom is 0.336 e. The predicted molar refractivity (Wildman–Crippen MR) is 120 cm³/mol. The Morgan fingerprint density at radius 2 is 1.94 bits per heavy atom. The van der Waals surface area contributed by atoms with Crippen LogP contribution in [0.1, 0.15) is 53.9 Å². The lowest BCUT2D eigenvalue weighted by Crippen LogP contribution is -2.55. The summed E-state index contributed by atoms with van der Waals surface area (Å²) >= 11 is 0. The van der Waals surface area contributed by atoms with E-state index in [0.717, 1.165) is 24.6 Å². The molecule has 166 valence electrons. The summed E-state index contributed by atoms with van der Waals surface area (Å²) < 4.78 is 17.3. The summed E-state index contributed by atoms with van der Waals surface area (Å²) in [7, 11) is 0. The van der Waals surface area contributed by atoms with Crippen molar-refractivity contribution in [1.29, 1.82) is 0 Å². The molecule has 0 aliphatic heterocycles. The zero-order valence-corrected chi connectivity index (χ0v) is 19.1. The van der Waals surface area contributed by atoms with Gasteiger partial charge in [0.2, 0.25) is 0 Å². The summed E-state index contributed by atoms with van der Waals surface area (Å²) in [6.45, 7) is 11.1. The van der Waals surface area contributed by atoms with Crippen LogP contribution in [-0.2, 0) is 9.53 Å². The molecule has 0 saturated heterocycles. The molecule has 0 spiro atoms. The summed E-state index contributed by atoms with van der Waals surface area (Å²) in [5.41, 5.74) is 1.47. The fourth-order valence-corrected chi connectivity index (χ4v) is 6.06. The van der Waals surface area contributed by atoms with Crippen molar-refractivity contribution >= 4 is 16.9 Å². The second kappa shape index (κ2) is 7.85. The van der Waals surface area contributed by atoms with Gasteiger partial charge in [-0.3, -0.25) is 4.79 Å². The van der Waals surface area contributed by atoms with E-state index in [2.05, 4.69) is 33.8 Å². The lowest BCUT2D eigenvalue weighted by molar-refractivity contribution is -0.172. The van der Waals surface area contributed by atoms with E-state index in [1.165, 1.54) is 18.6 Å². The third kappa shape index (κ3) is 3.90. The first-order valence-electron chi connectivity index (χ1n) is 11.1. The number of hydrogen-bond donors (Lipinski definition) is 0. The molecule has 1 heterocycles. The van der Waals surface area contributed by atoms with Gasteiger partial charge in [0.05, 0.1) is 6.61 Å². The van der Waals surface area contributed by atoms with Gasteiger partial charge in [0.15, 0.2) is 0 Å². The fourth-order valence-electron chi connectivity index (χ4n) is 6.06. The molecule has 1 aromatic heterocycles. The summed E-state index contributed by atoms with van der Waals surface area (Å²) in [6, 6.07) is 8.81. The normalized spacial score (nSPS) is 29.7. The molecule has 0 amide bonds. The van der Waals surface area contributed by atoms with Crippen LogP contribution >= 0.6 is 0 Å². The minimum absolute atomic E-state index is 0.0557. The average Bonchev–Trinajstić information content (AvgIpc) is 2.69. The highest BCUT2D eigenvalue weighted by Crippen LogP contribution is 2.60. The van der Waals surface area contributed by atoms with Crippen LogP contribution in [0.3, 0.4) is 0 Å². The first-order chi connectivity index (χ1) is 14.6. The summed E-state index contributed by atoms with van der Waals surface area (Å²) in [5.74, 6) is 1.16. The van der Waals surface area contributed by atoms with E-state index in [-0.39, 0.29) is 34.4 Å². The summed E-state index contributed by atoms with van der Waals surface area (Å²) in [6.07, 6.45) is 5.12. The first kappa shape index (κ1) is 21.7. The number of carbonyl (C=O) groups excluding carboxylic acids is 1. The average molecular weight is 425 g/mol. The second-order valence-corrected chi connectivity index (χ2v) is 10.0. The maximum atomic E-state index is 11.6. The molecular weight excluding hydrogens is 392 g/mol. The van der Waals surface area contributed by atoms with Crippen LogP contribution in [0, 0.1) is 22.7 Å². The highest BCUT2D eigenvalue weighted by molar-refractivity contribution is 5.77.